The van der Waals surface area contributed by atoms with Gasteiger partial charge in [0.15, 0.2) is 0 Å². The number of phenols is 1. The Morgan fingerprint density at radius 3 is 2.11 bits per heavy atom. The van der Waals surface area contributed by atoms with Gasteiger partial charge in [0.2, 0.25) is 11.8 Å². The molecular formula is C28H39N3O5. The third kappa shape index (κ3) is 8.91. The van der Waals surface area contributed by atoms with Crippen LogP contribution in [0.15, 0.2) is 54.6 Å². The average molecular weight is 498 g/mol. The standard InChI is InChI=1S/C28H39N3O5/c1-7-17-31(24(25(33)29-19(2)3)21-11-9-8-10-12-21)26(34)23(30-27(35)36-28(4,5)6)18-20-13-15-22(32)16-14-20/h8-16,19,23-24,32H,7,17-18H2,1-6H3,(H,29,33)(H,30,35). The van der Waals surface area contributed by atoms with Gasteiger partial charge in [-0.1, -0.05) is 49.4 Å². The first kappa shape index (κ1) is 28.7. The van der Waals surface area contributed by atoms with Crippen LogP contribution in [-0.2, 0) is 20.7 Å². The van der Waals surface area contributed by atoms with Crippen molar-refractivity contribution in [3.05, 3.63) is 65.7 Å². The zero-order chi connectivity index (χ0) is 26.9. The van der Waals surface area contributed by atoms with E-state index in [9.17, 15) is 19.5 Å². The first-order valence-corrected chi connectivity index (χ1v) is 12.3. The monoisotopic (exact) mass is 497 g/mol. The van der Waals surface area contributed by atoms with Crippen molar-refractivity contribution in [2.24, 2.45) is 0 Å². The second-order valence-electron chi connectivity index (χ2n) is 10.1. The summed E-state index contributed by atoms with van der Waals surface area (Å²) in [6.07, 6.45) is 0.0489. The van der Waals surface area contributed by atoms with Crippen LogP contribution in [0, 0.1) is 0 Å². The van der Waals surface area contributed by atoms with Crippen molar-refractivity contribution < 1.29 is 24.2 Å². The van der Waals surface area contributed by atoms with Gasteiger partial charge in [-0.2, -0.15) is 0 Å². The molecule has 2 unspecified atom stereocenters. The Kier molecular flexibility index (Phi) is 10.3. The van der Waals surface area contributed by atoms with Crippen molar-refractivity contribution >= 4 is 17.9 Å². The number of amides is 3. The molecule has 0 heterocycles. The molecule has 8 heteroatoms. The van der Waals surface area contributed by atoms with Crippen LogP contribution in [-0.4, -0.2) is 52.1 Å². The molecule has 36 heavy (non-hydrogen) atoms. The van der Waals surface area contributed by atoms with E-state index in [4.69, 9.17) is 4.74 Å². The molecule has 0 bridgehead atoms. The number of carbonyl (C=O) groups is 3. The third-order valence-corrected chi connectivity index (χ3v) is 5.22. The zero-order valence-corrected chi connectivity index (χ0v) is 22.1. The second-order valence-corrected chi connectivity index (χ2v) is 10.1. The lowest BCUT2D eigenvalue weighted by Gasteiger charge is -2.34. The van der Waals surface area contributed by atoms with Crippen molar-refractivity contribution in [3.63, 3.8) is 0 Å². The van der Waals surface area contributed by atoms with E-state index in [1.54, 1.807) is 32.9 Å². The lowest BCUT2D eigenvalue weighted by Crippen LogP contribution is -2.54. The first-order chi connectivity index (χ1) is 16.9. The summed E-state index contributed by atoms with van der Waals surface area (Å²) in [4.78, 5) is 41.6. The molecule has 8 nitrogen and oxygen atoms in total. The van der Waals surface area contributed by atoms with E-state index in [-0.39, 0.29) is 24.1 Å². The SMILES string of the molecule is CCCN(C(=O)C(Cc1ccc(O)cc1)NC(=O)OC(C)(C)C)C(C(=O)NC(C)C)c1ccccc1. The highest BCUT2D eigenvalue weighted by molar-refractivity contribution is 5.92. The van der Waals surface area contributed by atoms with Gasteiger partial charge in [-0.15, -0.1) is 0 Å². The van der Waals surface area contributed by atoms with Gasteiger partial charge in [-0.25, -0.2) is 4.79 Å². The Labute approximate surface area is 214 Å². The number of nitrogens with zero attached hydrogens (tertiary/aromatic N) is 1. The predicted molar refractivity (Wildman–Crippen MR) is 139 cm³/mol. The van der Waals surface area contributed by atoms with Crippen LogP contribution in [0.2, 0.25) is 0 Å². The van der Waals surface area contributed by atoms with Gasteiger partial charge in [-0.3, -0.25) is 9.59 Å². The Hall–Kier alpha value is -3.55. The Morgan fingerprint density at radius 2 is 1.58 bits per heavy atom. The number of rotatable bonds is 10. The van der Waals surface area contributed by atoms with Gasteiger partial charge >= 0.3 is 6.09 Å². The molecule has 2 aromatic rings. The fraction of sp³-hybridized carbons (Fsp3) is 0.464. The van der Waals surface area contributed by atoms with Gasteiger partial charge in [0.05, 0.1) is 0 Å². The highest BCUT2D eigenvalue weighted by atomic mass is 16.6. The lowest BCUT2D eigenvalue weighted by atomic mass is 10.00. The average Bonchev–Trinajstić information content (AvgIpc) is 2.78. The smallest absolute Gasteiger partial charge is 0.408 e. The highest BCUT2D eigenvalue weighted by Crippen LogP contribution is 2.24. The summed E-state index contributed by atoms with van der Waals surface area (Å²) in [6, 6.07) is 13.6. The molecule has 0 radical (unpaired) electrons. The number of nitrogens with one attached hydrogen (secondary N) is 2. The van der Waals surface area contributed by atoms with Crippen LogP contribution in [0.5, 0.6) is 5.75 Å². The topological polar surface area (TPSA) is 108 Å². The van der Waals surface area contributed by atoms with Gasteiger partial charge in [0, 0.05) is 19.0 Å². The summed E-state index contributed by atoms with van der Waals surface area (Å²) < 4.78 is 5.42. The maximum absolute atomic E-state index is 14.0. The number of aromatic hydroxyl groups is 1. The molecule has 196 valence electrons. The number of benzene rings is 2. The molecule has 0 aromatic heterocycles. The van der Waals surface area contributed by atoms with Crippen LogP contribution in [0.4, 0.5) is 4.79 Å². The Balaban J connectivity index is 2.48. The van der Waals surface area contributed by atoms with Crippen LogP contribution in [0.1, 0.15) is 65.1 Å². The maximum atomic E-state index is 14.0. The van der Waals surface area contributed by atoms with Gasteiger partial charge < -0.3 is 25.4 Å². The minimum atomic E-state index is -0.992. The van der Waals surface area contributed by atoms with Gasteiger partial charge in [0.1, 0.15) is 23.4 Å². The predicted octanol–water partition coefficient (Wildman–Crippen LogP) is 4.33. The molecule has 2 aromatic carbocycles. The van der Waals surface area contributed by atoms with Crippen LogP contribution >= 0.6 is 0 Å². The normalized spacial score (nSPS) is 13.0. The molecule has 0 spiro atoms. The molecule has 3 N–H and O–H groups in total. The quantitative estimate of drug-likeness (QED) is 0.453. The summed E-state index contributed by atoms with van der Waals surface area (Å²) in [5, 5.41) is 15.3. The summed E-state index contributed by atoms with van der Waals surface area (Å²) in [6.45, 7) is 11.2. The van der Waals surface area contributed by atoms with Crippen molar-refractivity contribution in [3.8, 4) is 5.75 Å². The molecule has 0 saturated heterocycles. The number of carbonyl (C=O) groups excluding carboxylic acids is 3. The van der Waals surface area contributed by atoms with E-state index >= 15 is 0 Å². The molecule has 0 aliphatic rings. The van der Waals surface area contributed by atoms with E-state index in [0.29, 0.717) is 18.5 Å². The number of hydrogen-bond donors (Lipinski definition) is 3. The molecule has 0 saturated carbocycles. The molecule has 2 atom stereocenters. The van der Waals surface area contributed by atoms with E-state index in [1.807, 2.05) is 51.1 Å². The Bertz CT molecular complexity index is 1000. The Morgan fingerprint density at radius 1 is 0.972 bits per heavy atom. The lowest BCUT2D eigenvalue weighted by molar-refractivity contribution is -0.142. The minimum absolute atomic E-state index is 0.101. The van der Waals surface area contributed by atoms with Crippen LogP contribution in [0.25, 0.3) is 0 Å². The number of alkyl carbamates (subject to hydrolysis) is 1. The highest BCUT2D eigenvalue weighted by Gasteiger charge is 2.36. The van der Waals surface area contributed by atoms with Crippen LogP contribution < -0.4 is 10.6 Å². The fourth-order valence-electron chi connectivity index (χ4n) is 3.80. The molecular weight excluding hydrogens is 458 g/mol. The van der Waals surface area contributed by atoms with E-state index in [1.165, 1.54) is 17.0 Å². The van der Waals surface area contributed by atoms with Gasteiger partial charge in [0.25, 0.3) is 0 Å². The summed E-state index contributed by atoms with van der Waals surface area (Å²) in [5.74, 6) is -0.592. The number of phenolic OH excluding ortho intramolecular Hbond substituents is 1. The molecule has 0 aliphatic heterocycles. The number of hydrogen-bond acceptors (Lipinski definition) is 5. The van der Waals surface area contributed by atoms with E-state index in [0.717, 1.165) is 5.56 Å². The third-order valence-electron chi connectivity index (χ3n) is 5.22. The summed E-state index contributed by atoms with van der Waals surface area (Å²) >= 11 is 0. The zero-order valence-electron chi connectivity index (χ0n) is 22.1. The fourth-order valence-corrected chi connectivity index (χ4v) is 3.80. The van der Waals surface area contributed by atoms with Crippen LogP contribution in [0.3, 0.4) is 0 Å². The van der Waals surface area contributed by atoms with Crippen molar-refractivity contribution in [1.82, 2.24) is 15.5 Å². The summed E-state index contributed by atoms with van der Waals surface area (Å²) in [5.41, 5.74) is 0.669. The van der Waals surface area contributed by atoms with Gasteiger partial charge in [-0.05, 0) is 64.3 Å². The largest absolute Gasteiger partial charge is 0.508 e. The summed E-state index contributed by atoms with van der Waals surface area (Å²) in [7, 11) is 0. The van der Waals surface area contributed by atoms with E-state index in [2.05, 4.69) is 10.6 Å². The minimum Gasteiger partial charge on any atom is -0.508 e. The van der Waals surface area contributed by atoms with Crippen molar-refractivity contribution in [2.45, 2.75) is 78.1 Å². The molecule has 0 fully saturated rings. The van der Waals surface area contributed by atoms with Crippen molar-refractivity contribution in [1.29, 1.82) is 0 Å². The molecule has 2 rings (SSSR count). The number of ether oxygens (including phenoxy) is 1. The molecule has 3 amide bonds. The van der Waals surface area contributed by atoms with Crippen molar-refractivity contribution in [2.75, 3.05) is 6.54 Å². The van der Waals surface area contributed by atoms with E-state index < -0.39 is 29.7 Å². The molecule has 0 aliphatic carbocycles. The maximum Gasteiger partial charge on any atom is 0.408 e. The second kappa shape index (κ2) is 13.0. The first-order valence-electron chi connectivity index (χ1n) is 12.3.